The summed E-state index contributed by atoms with van der Waals surface area (Å²) in [5.41, 5.74) is 3.29. The van der Waals surface area contributed by atoms with Gasteiger partial charge in [0.1, 0.15) is 30.0 Å². The van der Waals surface area contributed by atoms with Gasteiger partial charge >= 0.3 is 18.4 Å². The van der Waals surface area contributed by atoms with Gasteiger partial charge in [-0.2, -0.15) is 5.21 Å². The summed E-state index contributed by atoms with van der Waals surface area (Å²) in [6.45, 7) is 4.96. The molecule has 0 radical (unpaired) electrons. The second-order valence-electron chi connectivity index (χ2n) is 12.8. The van der Waals surface area contributed by atoms with Crippen LogP contribution in [0.3, 0.4) is 0 Å². The van der Waals surface area contributed by atoms with E-state index in [-0.39, 0.29) is 43.3 Å². The van der Waals surface area contributed by atoms with Crippen LogP contribution in [0.4, 0.5) is 23.7 Å². The summed E-state index contributed by atoms with van der Waals surface area (Å²) in [5, 5.41) is 21.0. The van der Waals surface area contributed by atoms with Crippen molar-refractivity contribution < 1.29 is 46.6 Å². The van der Waals surface area contributed by atoms with Crippen molar-refractivity contribution in [2.75, 3.05) is 11.9 Å². The van der Waals surface area contributed by atoms with E-state index in [4.69, 9.17) is 9.47 Å². The summed E-state index contributed by atoms with van der Waals surface area (Å²) in [6.07, 6.45) is -6.62. The van der Waals surface area contributed by atoms with Crippen molar-refractivity contribution in [3.05, 3.63) is 89.7 Å². The number of esters is 1. The monoisotopic (exact) mass is 723 g/mol. The molecule has 1 aromatic heterocycles. The number of hydrogen-bond acceptors (Lipinski definition) is 10. The molecule has 0 saturated heterocycles. The summed E-state index contributed by atoms with van der Waals surface area (Å²) in [5.74, 6) is -3.00. The van der Waals surface area contributed by atoms with Crippen LogP contribution in [0.2, 0.25) is 0 Å². The van der Waals surface area contributed by atoms with Crippen LogP contribution in [0.5, 0.6) is 5.75 Å². The fraction of sp³-hybridized carbons (Fsp3) is 0.343. The third kappa shape index (κ3) is 10.3. The Morgan fingerprint density at radius 1 is 0.846 bits per heavy atom. The lowest BCUT2D eigenvalue weighted by Crippen LogP contribution is -2.53. The first-order chi connectivity index (χ1) is 24.6. The third-order valence-electron chi connectivity index (χ3n) is 7.77. The minimum atomic E-state index is -4.91. The second-order valence-corrected chi connectivity index (χ2v) is 12.8. The number of alkyl carbamates (subject to hydrolysis) is 1. The number of H-pyrrole nitrogens is 1. The van der Waals surface area contributed by atoms with E-state index < -0.39 is 53.7 Å². The minimum absolute atomic E-state index is 0.0376. The first kappa shape index (κ1) is 37.3. The molecule has 4 N–H and O–H groups in total. The van der Waals surface area contributed by atoms with Gasteiger partial charge in [0.25, 0.3) is 0 Å². The number of tetrazole rings is 1. The topological polar surface area (TPSA) is 187 Å². The van der Waals surface area contributed by atoms with Crippen LogP contribution in [0.15, 0.2) is 72.8 Å². The molecule has 0 saturated carbocycles. The van der Waals surface area contributed by atoms with Crippen LogP contribution in [0.25, 0.3) is 11.1 Å². The zero-order chi connectivity index (χ0) is 37.5. The Morgan fingerprint density at radius 2 is 1.48 bits per heavy atom. The van der Waals surface area contributed by atoms with Crippen LogP contribution < -0.4 is 20.7 Å². The molecule has 1 aliphatic carbocycles. The van der Waals surface area contributed by atoms with Gasteiger partial charge < -0.3 is 30.2 Å². The maximum Gasteiger partial charge on any atom is 0.573 e. The molecule has 14 nitrogen and oxygen atoms in total. The van der Waals surface area contributed by atoms with Gasteiger partial charge in [0.2, 0.25) is 11.8 Å². The lowest BCUT2D eigenvalue weighted by Gasteiger charge is -2.24. The number of rotatable bonds is 13. The quantitative estimate of drug-likeness (QED) is 0.140. The maximum absolute atomic E-state index is 13.7. The summed E-state index contributed by atoms with van der Waals surface area (Å²) in [4.78, 5) is 52.9. The highest BCUT2D eigenvalue weighted by molar-refractivity contribution is 5.98. The van der Waals surface area contributed by atoms with Crippen molar-refractivity contribution >= 4 is 29.6 Å². The summed E-state index contributed by atoms with van der Waals surface area (Å²) >= 11 is 0. The van der Waals surface area contributed by atoms with Crippen LogP contribution in [-0.4, -0.2) is 75.2 Å². The van der Waals surface area contributed by atoms with Crippen molar-refractivity contribution in [3.63, 3.8) is 0 Å². The smallest absolute Gasteiger partial charge is 0.460 e. The largest absolute Gasteiger partial charge is 0.573 e. The molecule has 1 aliphatic rings. The van der Waals surface area contributed by atoms with Crippen molar-refractivity contribution in [3.8, 4) is 16.9 Å². The number of carbonyl (C=O) groups is 4. The van der Waals surface area contributed by atoms with E-state index in [1.807, 2.05) is 48.5 Å². The van der Waals surface area contributed by atoms with E-state index in [9.17, 15) is 32.3 Å². The zero-order valence-electron chi connectivity index (χ0n) is 28.3. The Bertz CT molecular complexity index is 1840. The SMILES string of the molecule is CC(C)(C)OC(=O)CC[C@H](NC(=O)[C@H](Cc1nn[nH]n1)NC(=O)OCC1c2ccccc2-c2ccccc21)C(=O)Nc1ccc(OC(F)(F)F)cc1. The Balaban J connectivity index is 1.29. The number of hydrogen-bond donors (Lipinski definition) is 4. The standard InChI is InChI=1S/C35H36F3N7O7/c1-34(2,3)52-30(46)17-16-27(31(47)39-20-12-14-21(15-13-20)51-35(36,37)38)40-32(48)28(18-29-42-44-45-43-29)41-33(49)50-19-26-24-10-6-4-8-22(24)23-9-5-7-11-25(23)26/h4-15,26-28H,16-19H2,1-3H3,(H,39,47)(H,40,48)(H,41,49)(H,42,43,44,45)/t27-,28-/m0/s1. The predicted octanol–water partition coefficient (Wildman–Crippen LogP) is 4.79. The first-order valence-corrected chi connectivity index (χ1v) is 16.2. The number of alkyl halides is 3. The van der Waals surface area contributed by atoms with Crippen molar-refractivity contribution in [1.82, 2.24) is 31.3 Å². The predicted molar refractivity (Wildman–Crippen MR) is 179 cm³/mol. The van der Waals surface area contributed by atoms with Gasteiger partial charge in [-0.15, -0.1) is 23.4 Å². The Morgan fingerprint density at radius 3 is 2.06 bits per heavy atom. The lowest BCUT2D eigenvalue weighted by molar-refractivity contribution is -0.274. The van der Waals surface area contributed by atoms with Gasteiger partial charge in [-0.1, -0.05) is 53.7 Å². The molecule has 0 bridgehead atoms. The number of carbonyl (C=O) groups excluding carboxylic acids is 4. The molecule has 52 heavy (non-hydrogen) atoms. The number of nitrogens with zero attached hydrogens (tertiary/aromatic N) is 3. The number of nitrogens with one attached hydrogen (secondary N) is 4. The number of aromatic nitrogens is 4. The maximum atomic E-state index is 13.7. The highest BCUT2D eigenvalue weighted by Crippen LogP contribution is 2.44. The minimum Gasteiger partial charge on any atom is -0.460 e. The molecule has 0 aliphatic heterocycles. The summed E-state index contributed by atoms with van der Waals surface area (Å²) in [6, 6.07) is 17.1. The molecule has 3 amide bonds. The molecule has 3 aromatic carbocycles. The Labute approximate surface area is 295 Å². The van der Waals surface area contributed by atoms with Gasteiger partial charge in [0.15, 0.2) is 5.82 Å². The fourth-order valence-corrected chi connectivity index (χ4v) is 5.61. The van der Waals surface area contributed by atoms with Crippen molar-refractivity contribution in [2.24, 2.45) is 0 Å². The van der Waals surface area contributed by atoms with E-state index in [1.54, 1.807) is 20.8 Å². The molecule has 0 fully saturated rings. The number of ether oxygens (including phenoxy) is 3. The highest BCUT2D eigenvalue weighted by atomic mass is 19.4. The summed E-state index contributed by atoms with van der Waals surface area (Å²) in [7, 11) is 0. The van der Waals surface area contributed by atoms with E-state index in [0.717, 1.165) is 34.4 Å². The molecule has 5 rings (SSSR count). The van der Waals surface area contributed by atoms with E-state index in [1.165, 1.54) is 12.1 Å². The molecule has 1 heterocycles. The fourth-order valence-electron chi connectivity index (χ4n) is 5.61. The van der Waals surface area contributed by atoms with Gasteiger partial charge in [-0.25, -0.2) is 4.79 Å². The molecular weight excluding hydrogens is 687 g/mol. The number of amides is 3. The molecule has 0 unspecified atom stereocenters. The molecule has 0 spiro atoms. The highest BCUT2D eigenvalue weighted by Gasteiger charge is 2.33. The molecule has 2 atom stereocenters. The van der Waals surface area contributed by atoms with Gasteiger partial charge in [-0.3, -0.25) is 14.4 Å². The molecule has 274 valence electrons. The molecule has 4 aromatic rings. The Kier molecular flexibility index (Phi) is 11.4. The average Bonchev–Trinajstić information content (AvgIpc) is 3.70. The zero-order valence-corrected chi connectivity index (χ0v) is 28.3. The van der Waals surface area contributed by atoms with Gasteiger partial charge in [-0.05, 0) is 73.7 Å². The van der Waals surface area contributed by atoms with Crippen LogP contribution in [-0.2, 0) is 30.3 Å². The number of fused-ring (bicyclic) bond motifs is 3. The number of halogens is 3. The lowest BCUT2D eigenvalue weighted by atomic mass is 9.98. The summed E-state index contributed by atoms with van der Waals surface area (Å²) < 4.78 is 52.6. The van der Waals surface area contributed by atoms with Gasteiger partial charge in [0.05, 0.1) is 0 Å². The van der Waals surface area contributed by atoms with E-state index in [0.29, 0.717) is 0 Å². The number of aromatic amines is 1. The number of benzene rings is 3. The third-order valence-corrected chi connectivity index (χ3v) is 7.77. The molecule has 17 heteroatoms. The van der Waals surface area contributed by atoms with Crippen molar-refractivity contribution in [1.29, 1.82) is 0 Å². The normalized spacial score (nSPS) is 13.6. The average molecular weight is 724 g/mol. The van der Waals surface area contributed by atoms with Crippen LogP contribution >= 0.6 is 0 Å². The van der Waals surface area contributed by atoms with Crippen molar-refractivity contribution in [2.45, 2.75) is 70.0 Å². The number of anilines is 1. The molecular formula is C35H36F3N7O7. The van der Waals surface area contributed by atoms with E-state index in [2.05, 4.69) is 41.3 Å². The second kappa shape index (κ2) is 15.9. The van der Waals surface area contributed by atoms with Crippen LogP contribution in [0, 0.1) is 0 Å². The Hall–Kier alpha value is -6.00. The van der Waals surface area contributed by atoms with Gasteiger partial charge in [0, 0.05) is 24.4 Å². The van der Waals surface area contributed by atoms with E-state index >= 15 is 0 Å². The van der Waals surface area contributed by atoms with Crippen LogP contribution in [0.1, 0.15) is 56.5 Å². The first-order valence-electron chi connectivity index (χ1n) is 16.2.